The third-order valence-corrected chi connectivity index (χ3v) is 3.18. The van der Waals surface area contributed by atoms with Crippen LogP contribution in [0.2, 0.25) is 0 Å². The highest BCUT2D eigenvalue weighted by atomic mass is 35.5. The molecule has 2 unspecified atom stereocenters. The number of morpholine rings is 1. The molecule has 6 nitrogen and oxygen atoms in total. The van der Waals surface area contributed by atoms with Crippen molar-refractivity contribution in [3.63, 3.8) is 0 Å². The summed E-state index contributed by atoms with van der Waals surface area (Å²) in [5.41, 5.74) is 1.10. The van der Waals surface area contributed by atoms with Crippen LogP contribution < -0.4 is 15.4 Å². The summed E-state index contributed by atoms with van der Waals surface area (Å²) in [6, 6.07) is 7.26. The molecule has 1 heterocycles. The Hall–Kier alpha value is -1.34. The Morgan fingerprint density at radius 2 is 2.41 bits per heavy atom. The van der Waals surface area contributed by atoms with Gasteiger partial charge in [-0.1, -0.05) is 12.1 Å². The van der Waals surface area contributed by atoms with E-state index in [1.165, 1.54) is 0 Å². The fourth-order valence-electron chi connectivity index (χ4n) is 2.03. The van der Waals surface area contributed by atoms with Crippen molar-refractivity contribution in [2.75, 3.05) is 32.9 Å². The molecule has 1 aromatic carbocycles. The third kappa shape index (κ3) is 6.19. The van der Waals surface area contributed by atoms with Crippen molar-refractivity contribution in [3.8, 4) is 5.75 Å². The Bertz CT molecular complexity index is 467. The highest BCUT2D eigenvalue weighted by molar-refractivity contribution is 5.85. The first kappa shape index (κ1) is 18.7. The molecule has 0 saturated carbocycles. The van der Waals surface area contributed by atoms with Gasteiger partial charge in [-0.15, -0.1) is 12.4 Å². The number of amides is 1. The van der Waals surface area contributed by atoms with Crippen LogP contribution in [0.15, 0.2) is 24.3 Å². The molecule has 1 saturated heterocycles. The first-order valence-corrected chi connectivity index (χ1v) is 7.11. The fourth-order valence-corrected chi connectivity index (χ4v) is 2.03. The molecule has 1 amide bonds. The van der Waals surface area contributed by atoms with Gasteiger partial charge in [0.05, 0.1) is 13.2 Å². The Balaban J connectivity index is 0.00000242. The highest BCUT2D eigenvalue weighted by Gasteiger charge is 2.21. The standard InChI is InChI=1S/C15H22N2O4.ClH/c1-11-3-2-4-13(7-11)21-9-12(18)8-17-15(19)14-10-20-6-5-16-14;/h2-4,7,12,14,16,18H,5-6,8-10H2,1H3,(H,17,19);1H. The lowest BCUT2D eigenvalue weighted by Gasteiger charge is -2.23. The number of nitrogens with one attached hydrogen (secondary N) is 2. The maximum absolute atomic E-state index is 11.8. The maximum Gasteiger partial charge on any atom is 0.239 e. The topological polar surface area (TPSA) is 79.8 Å². The summed E-state index contributed by atoms with van der Waals surface area (Å²) < 4.78 is 10.7. The summed E-state index contributed by atoms with van der Waals surface area (Å²) >= 11 is 0. The van der Waals surface area contributed by atoms with Gasteiger partial charge < -0.3 is 25.2 Å². The van der Waals surface area contributed by atoms with E-state index in [1.54, 1.807) is 0 Å². The molecule has 3 N–H and O–H groups in total. The van der Waals surface area contributed by atoms with Crippen molar-refractivity contribution in [3.05, 3.63) is 29.8 Å². The number of hydrogen-bond donors (Lipinski definition) is 3. The van der Waals surface area contributed by atoms with E-state index in [0.717, 1.165) is 5.56 Å². The Morgan fingerprint density at radius 3 is 3.09 bits per heavy atom. The van der Waals surface area contributed by atoms with Gasteiger partial charge in [0.2, 0.25) is 5.91 Å². The molecular weight excluding hydrogens is 308 g/mol. The second-order valence-electron chi connectivity index (χ2n) is 5.11. The number of aliphatic hydroxyl groups is 1. The molecule has 22 heavy (non-hydrogen) atoms. The lowest BCUT2D eigenvalue weighted by Crippen LogP contribution is -2.52. The van der Waals surface area contributed by atoms with Gasteiger partial charge in [-0.2, -0.15) is 0 Å². The molecule has 2 rings (SSSR count). The molecule has 124 valence electrons. The van der Waals surface area contributed by atoms with Gasteiger partial charge in [0.25, 0.3) is 0 Å². The van der Waals surface area contributed by atoms with E-state index >= 15 is 0 Å². The first-order chi connectivity index (χ1) is 10.1. The van der Waals surface area contributed by atoms with Crippen LogP contribution in [0.1, 0.15) is 5.56 Å². The third-order valence-electron chi connectivity index (χ3n) is 3.18. The zero-order chi connectivity index (χ0) is 15.1. The maximum atomic E-state index is 11.8. The van der Waals surface area contributed by atoms with E-state index in [0.29, 0.717) is 25.5 Å². The van der Waals surface area contributed by atoms with Crippen molar-refractivity contribution in [1.82, 2.24) is 10.6 Å². The fraction of sp³-hybridized carbons (Fsp3) is 0.533. The van der Waals surface area contributed by atoms with Gasteiger partial charge in [0, 0.05) is 13.1 Å². The summed E-state index contributed by atoms with van der Waals surface area (Å²) in [6.07, 6.45) is -0.751. The van der Waals surface area contributed by atoms with Crippen LogP contribution in [0.25, 0.3) is 0 Å². The normalized spacial score (nSPS) is 18.9. The van der Waals surface area contributed by atoms with E-state index in [9.17, 15) is 9.90 Å². The monoisotopic (exact) mass is 330 g/mol. The zero-order valence-corrected chi connectivity index (χ0v) is 13.4. The van der Waals surface area contributed by atoms with Crippen LogP contribution in [0, 0.1) is 6.92 Å². The second-order valence-corrected chi connectivity index (χ2v) is 5.11. The summed E-state index contributed by atoms with van der Waals surface area (Å²) in [5, 5.41) is 15.6. The van der Waals surface area contributed by atoms with Crippen molar-refractivity contribution in [2.45, 2.75) is 19.1 Å². The van der Waals surface area contributed by atoms with Gasteiger partial charge in [-0.3, -0.25) is 4.79 Å². The largest absolute Gasteiger partial charge is 0.491 e. The van der Waals surface area contributed by atoms with Gasteiger partial charge in [-0.05, 0) is 24.6 Å². The molecule has 0 spiro atoms. The minimum atomic E-state index is -0.751. The molecule has 0 aromatic heterocycles. The smallest absolute Gasteiger partial charge is 0.239 e. The Morgan fingerprint density at radius 1 is 1.59 bits per heavy atom. The molecule has 1 aromatic rings. The van der Waals surface area contributed by atoms with Gasteiger partial charge >= 0.3 is 0 Å². The van der Waals surface area contributed by atoms with Crippen LogP contribution in [0.5, 0.6) is 5.75 Å². The summed E-state index contributed by atoms with van der Waals surface area (Å²) in [7, 11) is 0. The van der Waals surface area contributed by atoms with E-state index in [4.69, 9.17) is 9.47 Å². The minimum absolute atomic E-state index is 0. The molecule has 1 fully saturated rings. The second kappa shape index (κ2) is 9.63. The number of rotatable bonds is 6. The van der Waals surface area contributed by atoms with E-state index in [2.05, 4.69) is 10.6 Å². The highest BCUT2D eigenvalue weighted by Crippen LogP contribution is 2.12. The lowest BCUT2D eigenvalue weighted by molar-refractivity contribution is -0.126. The van der Waals surface area contributed by atoms with Crippen LogP contribution in [-0.2, 0) is 9.53 Å². The van der Waals surface area contributed by atoms with Crippen molar-refractivity contribution in [2.24, 2.45) is 0 Å². The molecule has 0 radical (unpaired) electrons. The van der Waals surface area contributed by atoms with Gasteiger partial charge in [0.15, 0.2) is 0 Å². The van der Waals surface area contributed by atoms with Crippen molar-refractivity contribution < 1.29 is 19.4 Å². The van der Waals surface area contributed by atoms with Gasteiger partial charge in [0.1, 0.15) is 24.5 Å². The predicted molar refractivity (Wildman–Crippen MR) is 85.5 cm³/mol. The number of aryl methyl sites for hydroxylation is 1. The number of hydrogen-bond acceptors (Lipinski definition) is 5. The summed E-state index contributed by atoms with van der Waals surface area (Å²) in [6.45, 7) is 3.92. The number of halogens is 1. The first-order valence-electron chi connectivity index (χ1n) is 7.11. The number of carbonyl (C=O) groups excluding carboxylic acids is 1. The number of ether oxygens (including phenoxy) is 2. The Labute approximate surface area is 136 Å². The van der Waals surface area contributed by atoms with E-state index < -0.39 is 6.10 Å². The van der Waals surface area contributed by atoms with Crippen LogP contribution in [0.3, 0.4) is 0 Å². The molecular formula is C15H23ClN2O4. The number of carbonyl (C=O) groups is 1. The minimum Gasteiger partial charge on any atom is -0.491 e. The molecule has 7 heteroatoms. The average Bonchev–Trinajstić information content (AvgIpc) is 2.51. The molecule has 1 aliphatic heterocycles. The molecule has 0 aliphatic carbocycles. The number of benzene rings is 1. The number of aliphatic hydroxyl groups excluding tert-OH is 1. The lowest BCUT2D eigenvalue weighted by atomic mass is 10.2. The quantitative estimate of drug-likeness (QED) is 0.697. The molecule has 1 aliphatic rings. The predicted octanol–water partition coefficient (Wildman–Crippen LogP) is 0.261. The SMILES string of the molecule is Cc1cccc(OCC(O)CNC(=O)C2COCCN2)c1.Cl. The molecule has 2 atom stereocenters. The van der Waals surface area contributed by atoms with Crippen LogP contribution >= 0.6 is 12.4 Å². The average molecular weight is 331 g/mol. The van der Waals surface area contributed by atoms with Gasteiger partial charge in [-0.25, -0.2) is 0 Å². The van der Waals surface area contributed by atoms with E-state index in [-0.39, 0.29) is 37.5 Å². The van der Waals surface area contributed by atoms with Crippen molar-refractivity contribution >= 4 is 18.3 Å². The zero-order valence-electron chi connectivity index (χ0n) is 12.6. The van der Waals surface area contributed by atoms with Crippen LogP contribution in [0.4, 0.5) is 0 Å². The van der Waals surface area contributed by atoms with Crippen LogP contribution in [-0.4, -0.2) is 56.1 Å². The molecule has 0 bridgehead atoms. The summed E-state index contributed by atoms with van der Waals surface area (Å²) in [5.74, 6) is 0.548. The summed E-state index contributed by atoms with van der Waals surface area (Å²) in [4.78, 5) is 11.8. The Kier molecular flexibility index (Phi) is 8.19. The van der Waals surface area contributed by atoms with Crippen molar-refractivity contribution in [1.29, 1.82) is 0 Å². The van der Waals surface area contributed by atoms with E-state index in [1.807, 2.05) is 31.2 Å².